The predicted molar refractivity (Wildman–Crippen MR) is 98.9 cm³/mol. The van der Waals surface area contributed by atoms with E-state index in [1.165, 1.54) is 31.6 Å². The Labute approximate surface area is 137 Å². The first-order valence-corrected chi connectivity index (χ1v) is 8.53. The maximum absolute atomic E-state index is 4.09. The number of fused-ring (bicyclic) bond motifs is 1. The molecule has 1 atom stereocenters. The summed E-state index contributed by atoms with van der Waals surface area (Å²) in [4.78, 5) is 2.35. The molecule has 20 heavy (non-hydrogen) atoms. The fourth-order valence-corrected chi connectivity index (χ4v) is 2.56. The third-order valence-electron chi connectivity index (χ3n) is 2.95. The molecular formula is C14H24IN4P. The van der Waals surface area contributed by atoms with E-state index in [0.717, 1.165) is 9.22 Å². The van der Waals surface area contributed by atoms with Crippen LogP contribution in [0.2, 0.25) is 0 Å². The second kappa shape index (κ2) is 9.66. The van der Waals surface area contributed by atoms with Crippen molar-refractivity contribution in [2.45, 2.75) is 13.8 Å². The summed E-state index contributed by atoms with van der Waals surface area (Å²) in [6.07, 6.45) is 0. The lowest BCUT2D eigenvalue weighted by atomic mass is 10.3. The number of halogens is 1. The first kappa shape index (κ1) is 17.8. The Morgan fingerprint density at radius 3 is 2.30 bits per heavy atom. The number of benzene rings is 1. The topological polar surface area (TPSA) is 35.2 Å². The standard InChI is InChI=1S/C7H5IN2.C5H13N2P.C2H6/c8-7-5-3-1-2-4-6(5)9-10-7;1-6-2-4-7(8)5-3-6;1-2/h1-4H,(H,9,10);2-5,8H2,1H3;1-2H3. The normalized spacial score (nSPS) is 16.1. The van der Waals surface area contributed by atoms with Crippen molar-refractivity contribution < 1.29 is 0 Å². The highest BCUT2D eigenvalue weighted by molar-refractivity contribution is 14.1. The maximum Gasteiger partial charge on any atom is 0.104 e. The number of hydrogen-bond donors (Lipinski definition) is 1. The molecule has 0 spiro atoms. The van der Waals surface area contributed by atoms with Gasteiger partial charge in [-0.2, -0.15) is 5.10 Å². The summed E-state index contributed by atoms with van der Waals surface area (Å²) < 4.78 is 3.38. The first-order chi connectivity index (χ1) is 9.66. The molecule has 1 unspecified atom stereocenters. The van der Waals surface area contributed by atoms with Crippen LogP contribution in [-0.4, -0.2) is 53.0 Å². The molecule has 0 saturated carbocycles. The molecule has 1 aliphatic rings. The number of piperazine rings is 1. The van der Waals surface area contributed by atoms with Crippen molar-refractivity contribution in [1.29, 1.82) is 0 Å². The minimum absolute atomic E-state index is 1.03. The molecule has 1 fully saturated rings. The van der Waals surface area contributed by atoms with Crippen molar-refractivity contribution in [3.05, 3.63) is 28.0 Å². The Morgan fingerprint density at radius 1 is 1.15 bits per heavy atom. The highest BCUT2D eigenvalue weighted by Crippen LogP contribution is 2.15. The summed E-state index contributed by atoms with van der Waals surface area (Å²) in [6.45, 7) is 8.81. The van der Waals surface area contributed by atoms with Gasteiger partial charge in [-0.25, -0.2) is 0 Å². The van der Waals surface area contributed by atoms with Crippen LogP contribution >= 0.6 is 32.0 Å². The molecular weight excluding hydrogens is 382 g/mol. The van der Waals surface area contributed by atoms with Gasteiger partial charge in [-0.15, -0.1) is 0 Å². The summed E-state index contributed by atoms with van der Waals surface area (Å²) in [7, 11) is 4.89. The molecule has 0 amide bonds. The van der Waals surface area contributed by atoms with Crippen LogP contribution in [0, 0.1) is 3.70 Å². The number of para-hydroxylation sites is 1. The van der Waals surface area contributed by atoms with E-state index < -0.39 is 0 Å². The zero-order valence-electron chi connectivity index (χ0n) is 12.4. The molecule has 4 nitrogen and oxygen atoms in total. The Balaban J connectivity index is 0.000000182. The number of hydrogen-bond acceptors (Lipinski definition) is 3. The van der Waals surface area contributed by atoms with E-state index in [2.05, 4.69) is 64.9 Å². The smallest absolute Gasteiger partial charge is 0.104 e. The van der Waals surface area contributed by atoms with Gasteiger partial charge in [0, 0.05) is 31.6 Å². The van der Waals surface area contributed by atoms with E-state index in [1.807, 2.05) is 32.0 Å². The number of aromatic amines is 1. The Bertz CT molecular complexity index is 485. The van der Waals surface area contributed by atoms with E-state index in [4.69, 9.17) is 0 Å². The van der Waals surface area contributed by atoms with E-state index in [9.17, 15) is 0 Å². The molecule has 0 aliphatic carbocycles. The van der Waals surface area contributed by atoms with Crippen molar-refractivity contribution in [3.8, 4) is 0 Å². The minimum atomic E-state index is 1.03. The van der Waals surface area contributed by atoms with Gasteiger partial charge in [0.25, 0.3) is 0 Å². The second-order valence-corrected chi connectivity index (χ2v) is 6.20. The van der Waals surface area contributed by atoms with E-state index >= 15 is 0 Å². The van der Waals surface area contributed by atoms with Gasteiger partial charge >= 0.3 is 0 Å². The minimum Gasteiger partial charge on any atom is -0.304 e. The highest BCUT2D eigenvalue weighted by Gasteiger charge is 2.08. The lowest BCUT2D eigenvalue weighted by Crippen LogP contribution is -2.39. The number of nitrogens with zero attached hydrogens (tertiary/aromatic N) is 3. The molecule has 1 aliphatic heterocycles. The molecule has 0 radical (unpaired) electrons. The molecule has 6 heteroatoms. The van der Waals surface area contributed by atoms with Crippen molar-refractivity contribution in [2.75, 3.05) is 33.2 Å². The number of aromatic nitrogens is 2. The molecule has 2 heterocycles. The Kier molecular flexibility index (Phi) is 8.61. The van der Waals surface area contributed by atoms with Gasteiger partial charge in [-0.3, -0.25) is 9.77 Å². The third-order valence-corrected chi connectivity index (χ3v) is 4.29. The summed E-state index contributed by atoms with van der Waals surface area (Å²) >= 11 is 2.24. The van der Waals surface area contributed by atoms with Gasteiger partial charge < -0.3 is 4.90 Å². The van der Waals surface area contributed by atoms with Crippen molar-refractivity contribution in [2.24, 2.45) is 0 Å². The molecule has 112 valence electrons. The van der Waals surface area contributed by atoms with Gasteiger partial charge in [-0.05, 0) is 35.7 Å². The van der Waals surface area contributed by atoms with Gasteiger partial charge in [0.15, 0.2) is 0 Å². The summed E-state index contributed by atoms with van der Waals surface area (Å²) in [6, 6.07) is 8.05. The summed E-state index contributed by atoms with van der Waals surface area (Å²) in [5, 5.41) is 8.20. The van der Waals surface area contributed by atoms with Crippen molar-refractivity contribution in [1.82, 2.24) is 19.8 Å². The fraction of sp³-hybridized carbons (Fsp3) is 0.500. The average Bonchev–Trinajstić information content (AvgIpc) is 2.87. The number of likely N-dealkylation sites (N-methyl/N-ethyl adjacent to an activating group) is 1. The van der Waals surface area contributed by atoms with Crippen LogP contribution in [0.1, 0.15) is 13.8 Å². The molecule has 1 aromatic heterocycles. The first-order valence-electron chi connectivity index (χ1n) is 6.93. The van der Waals surface area contributed by atoms with Crippen molar-refractivity contribution in [3.63, 3.8) is 0 Å². The quantitative estimate of drug-likeness (QED) is 0.539. The third kappa shape index (κ3) is 5.64. The van der Waals surface area contributed by atoms with E-state index in [-0.39, 0.29) is 0 Å². The fourth-order valence-electron chi connectivity index (χ4n) is 1.75. The van der Waals surface area contributed by atoms with E-state index in [0.29, 0.717) is 0 Å². The number of rotatable bonds is 0. The molecule has 1 aromatic carbocycles. The maximum atomic E-state index is 4.09. The molecule has 1 N–H and O–H groups in total. The molecule has 1 saturated heterocycles. The molecule has 2 aromatic rings. The van der Waals surface area contributed by atoms with Crippen LogP contribution in [-0.2, 0) is 0 Å². The Hall–Kier alpha value is -0.230. The summed E-state index contributed by atoms with van der Waals surface area (Å²) in [5.41, 5.74) is 1.03. The number of nitrogens with one attached hydrogen (secondary N) is 1. The van der Waals surface area contributed by atoms with Crippen molar-refractivity contribution >= 4 is 42.9 Å². The van der Waals surface area contributed by atoms with Gasteiger partial charge in [0.1, 0.15) is 3.70 Å². The van der Waals surface area contributed by atoms with Gasteiger partial charge in [-0.1, -0.05) is 41.4 Å². The van der Waals surface area contributed by atoms with Crippen LogP contribution in [0.15, 0.2) is 24.3 Å². The Morgan fingerprint density at radius 2 is 1.75 bits per heavy atom. The summed E-state index contributed by atoms with van der Waals surface area (Å²) in [5.74, 6) is 0. The second-order valence-electron chi connectivity index (χ2n) is 4.39. The van der Waals surface area contributed by atoms with Crippen LogP contribution in [0.4, 0.5) is 0 Å². The lowest BCUT2D eigenvalue weighted by molar-refractivity contribution is 0.233. The monoisotopic (exact) mass is 406 g/mol. The molecule has 3 rings (SSSR count). The zero-order chi connectivity index (χ0) is 15.0. The lowest BCUT2D eigenvalue weighted by Gasteiger charge is -2.28. The van der Waals surface area contributed by atoms with Crippen LogP contribution in [0.3, 0.4) is 0 Å². The predicted octanol–water partition coefficient (Wildman–Crippen LogP) is 3.22. The largest absolute Gasteiger partial charge is 0.304 e. The number of H-pyrrole nitrogens is 1. The van der Waals surface area contributed by atoms with Crippen LogP contribution < -0.4 is 0 Å². The van der Waals surface area contributed by atoms with Gasteiger partial charge in [0.05, 0.1) is 5.52 Å². The zero-order valence-corrected chi connectivity index (χ0v) is 15.7. The SMILES string of the molecule is CC.CN1CCN(P)CC1.Ic1[nH]nc2ccccc12. The van der Waals surface area contributed by atoms with Crippen LogP contribution in [0.25, 0.3) is 10.9 Å². The highest BCUT2D eigenvalue weighted by atomic mass is 127. The van der Waals surface area contributed by atoms with E-state index in [1.54, 1.807) is 0 Å². The van der Waals surface area contributed by atoms with Gasteiger partial charge in [0.2, 0.25) is 0 Å². The molecule has 0 bridgehead atoms. The average molecular weight is 406 g/mol. The van der Waals surface area contributed by atoms with Crippen LogP contribution in [0.5, 0.6) is 0 Å².